The number of nitrogens with one attached hydrogen (secondary N) is 1. The maximum atomic E-state index is 5.89. The molecule has 2 aliphatic heterocycles. The van der Waals surface area contributed by atoms with Crippen LogP contribution in [0.15, 0.2) is 30.3 Å². The van der Waals surface area contributed by atoms with Crippen LogP contribution >= 0.6 is 12.4 Å². The van der Waals surface area contributed by atoms with E-state index in [-0.39, 0.29) is 12.4 Å². The molecule has 21 heavy (non-hydrogen) atoms. The molecule has 1 aromatic carbocycles. The lowest BCUT2D eigenvalue weighted by Crippen LogP contribution is -2.36. The van der Waals surface area contributed by atoms with Gasteiger partial charge in [0.15, 0.2) is 0 Å². The summed E-state index contributed by atoms with van der Waals surface area (Å²) in [7, 11) is 0. The topological polar surface area (TPSA) is 24.5 Å². The molecule has 2 aliphatic rings. The van der Waals surface area contributed by atoms with E-state index in [0.717, 1.165) is 12.4 Å². The van der Waals surface area contributed by atoms with Gasteiger partial charge in [-0.3, -0.25) is 0 Å². The summed E-state index contributed by atoms with van der Waals surface area (Å²) in [4.78, 5) is 2.63. The fourth-order valence-electron chi connectivity index (χ4n) is 3.47. The van der Waals surface area contributed by atoms with Crippen LogP contribution in [-0.4, -0.2) is 44.2 Å². The van der Waals surface area contributed by atoms with Gasteiger partial charge in [-0.05, 0) is 43.5 Å². The molecule has 0 spiro atoms. The summed E-state index contributed by atoms with van der Waals surface area (Å²) >= 11 is 0. The quantitative estimate of drug-likeness (QED) is 0.905. The zero-order chi connectivity index (χ0) is 13.8. The van der Waals surface area contributed by atoms with Crippen LogP contribution in [0.2, 0.25) is 0 Å². The van der Waals surface area contributed by atoms with Crippen molar-refractivity contribution in [1.29, 1.82) is 0 Å². The molecule has 2 heterocycles. The molecule has 2 fully saturated rings. The summed E-state index contributed by atoms with van der Waals surface area (Å²) in [6.45, 7) is 9.30. The Bertz CT molecular complexity index is 420. The van der Waals surface area contributed by atoms with Crippen LogP contribution < -0.4 is 10.1 Å². The van der Waals surface area contributed by atoms with Crippen molar-refractivity contribution in [3.63, 3.8) is 0 Å². The summed E-state index contributed by atoms with van der Waals surface area (Å²) in [6.07, 6.45) is 2.59. The average Bonchev–Trinajstić information content (AvgIpc) is 3.07. The van der Waals surface area contributed by atoms with Gasteiger partial charge in [0.2, 0.25) is 0 Å². The van der Waals surface area contributed by atoms with E-state index in [1.54, 1.807) is 0 Å². The zero-order valence-corrected chi connectivity index (χ0v) is 13.7. The number of hydrogen-bond acceptors (Lipinski definition) is 3. The molecule has 2 saturated heterocycles. The third-order valence-electron chi connectivity index (χ3n) is 4.66. The lowest BCUT2D eigenvalue weighted by atomic mass is 9.89. The molecular formula is C17H27ClN2O. The highest BCUT2D eigenvalue weighted by atomic mass is 35.5. The summed E-state index contributed by atoms with van der Waals surface area (Å²) in [5, 5.41) is 3.49. The number of nitrogens with zero attached hydrogens (tertiary/aromatic N) is 1. The van der Waals surface area contributed by atoms with Gasteiger partial charge in [0.05, 0.1) is 6.61 Å². The van der Waals surface area contributed by atoms with Gasteiger partial charge < -0.3 is 15.0 Å². The van der Waals surface area contributed by atoms with Gasteiger partial charge in [-0.2, -0.15) is 0 Å². The smallest absolute Gasteiger partial charge is 0.119 e. The number of halogens is 1. The number of hydrogen-bond donors (Lipinski definition) is 1. The molecule has 2 unspecified atom stereocenters. The van der Waals surface area contributed by atoms with Crippen molar-refractivity contribution in [2.24, 2.45) is 11.3 Å². The average molecular weight is 311 g/mol. The third-order valence-corrected chi connectivity index (χ3v) is 4.66. The van der Waals surface area contributed by atoms with E-state index in [1.807, 2.05) is 30.3 Å². The predicted octanol–water partition coefficient (Wildman–Crippen LogP) is 2.81. The number of benzene rings is 1. The Balaban J connectivity index is 0.00000161. The second-order valence-corrected chi connectivity index (χ2v) is 6.75. The lowest BCUT2D eigenvalue weighted by molar-refractivity contribution is 0.190. The SMILES string of the molecule is CC1(CN2CCC(COc3ccccc3)C2)CCNC1.Cl. The molecule has 0 radical (unpaired) electrons. The molecule has 4 heteroatoms. The number of ether oxygens (including phenoxy) is 1. The van der Waals surface area contributed by atoms with Crippen molar-refractivity contribution in [1.82, 2.24) is 10.2 Å². The molecule has 0 bridgehead atoms. The Labute approximate surface area is 134 Å². The maximum absolute atomic E-state index is 5.89. The molecule has 0 aromatic heterocycles. The zero-order valence-electron chi connectivity index (χ0n) is 12.9. The summed E-state index contributed by atoms with van der Waals surface area (Å²) in [6, 6.07) is 10.2. The molecular weight excluding hydrogens is 284 g/mol. The first-order valence-corrected chi connectivity index (χ1v) is 7.84. The van der Waals surface area contributed by atoms with Gasteiger partial charge in [0.1, 0.15) is 5.75 Å². The van der Waals surface area contributed by atoms with Crippen LogP contribution in [0.4, 0.5) is 0 Å². The fourth-order valence-corrected chi connectivity index (χ4v) is 3.47. The number of para-hydroxylation sites is 1. The number of rotatable bonds is 5. The van der Waals surface area contributed by atoms with Crippen LogP contribution in [0.3, 0.4) is 0 Å². The normalized spacial score (nSPS) is 29.3. The van der Waals surface area contributed by atoms with E-state index in [1.165, 1.54) is 45.6 Å². The molecule has 0 saturated carbocycles. The second-order valence-electron chi connectivity index (χ2n) is 6.75. The van der Waals surface area contributed by atoms with Crippen molar-refractivity contribution in [2.75, 3.05) is 39.3 Å². The molecule has 2 atom stereocenters. The maximum Gasteiger partial charge on any atom is 0.119 e. The van der Waals surface area contributed by atoms with Crippen molar-refractivity contribution in [3.8, 4) is 5.75 Å². The van der Waals surface area contributed by atoms with Gasteiger partial charge in [0.25, 0.3) is 0 Å². The Kier molecular flexibility index (Phi) is 5.91. The summed E-state index contributed by atoms with van der Waals surface area (Å²) < 4.78 is 5.89. The van der Waals surface area contributed by atoms with E-state index in [0.29, 0.717) is 11.3 Å². The van der Waals surface area contributed by atoms with Crippen LogP contribution in [0.5, 0.6) is 5.75 Å². The molecule has 0 amide bonds. The largest absolute Gasteiger partial charge is 0.493 e. The summed E-state index contributed by atoms with van der Waals surface area (Å²) in [5.41, 5.74) is 0.481. The minimum atomic E-state index is 0. The first-order valence-electron chi connectivity index (χ1n) is 7.84. The monoisotopic (exact) mass is 310 g/mol. The first-order chi connectivity index (χ1) is 9.73. The minimum Gasteiger partial charge on any atom is -0.493 e. The Morgan fingerprint density at radius 2 is 2.14 bits per heavy atom. The van der Waals surface area contributed by atoms with Crippen molar-refractivity contribution < 1.29 is 4.74 Å². The van der Waals surface area contributed by atoms with Gasteiger partial charge in [-0.15, -0.1) is 12.4 Å². The van der Waals surface area contributed by atoms with E-state index in [2.05, 4.69) is 17.1 Å². The van der Waals surface area contributed by atoms with E-state index < -0.39 is 0 Å². The fraction of sp³-hybridized carbons (Fsp3) is 0.647. The highest BCUT2D eigenvalue weighted by Gasteiger charge is 2.33. The molecule has 3 nitrogen and oxygen atoms in total. The van der Waals surface area contributed by atoms with Crippen LogP contribution in [0.25, 0.3) is 0 Å². The molecule has 1 N–H and O–H groups in total. The van der Waals surface area contributed by atoms with Gasteiger partial charge in [0, 0.05) is 25.6 Å². The molecule has 3 rings (SSSR count). The highest BCUT2D eigenvalue weighted by Crippen LogP contribution is 2.28. The van der Waals surface area contributed by atoms with Crippen molar-refractivity contribution in [2.45, 2.75) is 19.8 Å². The van der Waals surface area contributed by atoms with E-state index in [4.69, 9.17) is 4.74 Å². The van der Waals surface area contributed by atoms with Crippen LogP contribution in [0, 0.1) is 11.3 Å². The van der Waals surface area contributed by atoms with Crippen molar-refractivity contribution in [3.05, 3.63) is 30.3 Å². The molecule has 1 aromatic rings. The second kappa shape index (κ2) is 7.48. The van der Waals surface area contributed by atoms with E-state index in [9.17, 15) is 0 Å². The van der Waals surface area contributed by atoms with Crippen molar-refractivity contribution >= 4 is 12.4 Å². The molecule has 118 valence electrons. The Hall–Kier alpha value is -0.770. The Morgan fingerprint density at radius 3 is 2.86 bits per heavy atom. The highest BCUT2D eigenvalue weighted by molar-refractivity contribution is 5.85. The van der Waals surface area contributed by atoms with Crippen LogP contribution in [-0.2, 0) is 0 Å². The first kappa shape index (κ1) is 16.6. The van der Waals surface area contributed by atoms with Gasteiger partial charge >= 0.3 is 0 Å². The summed E-state index contributed by atoms with van der Waals surface area (Å²) in [5.74, 6) is 1.69. The van der Waals surface area contributed by atoms with Gasteiger partial charge in [-0.1, -0.05) is 25.1 Å². The number of likely N-dealkylation sites (tertiary alicyclic amines) is 1. The van der Waals surface area contributed by atoms with Gasteiger partial charge in [-0.25, -0.2) is 0 Å². The Morgan fingerprint density at radius 1 is 1.33 bits per heavy atom. The standard InChI is InChI=1S/C17H26N2O.ClH/c1-17(8-9-18-13-17)14-19-10-7-15(11-19)12-20-16-5-3-2-4-6-16;/h2-6,15,18H,7-14H2,1H3;1H. The van der Waals surface area contributed by atoms with Crippen LogP contribution in [0.1, 0.15) is 19.8 Å². The molecule has 0 aliphatic carbocycles. The predicted molar refractivity (Wildman–Crippen MR) is 89.3 cm³/mol. The van der Waals surface area contributed by atoms with E-state index >= 15 is 0 Å². The third kappa shape index (κ3) is 4.60. The lowest BCUT2D eigenvalue weighted by Gasteiger charge is -2.29. The minimum absolute atomic E-state index is 0.